The molecule has 6 heteroatoms. The Morgan fingerprint density at radius 1 is 0.917 bits per heavy atom. The molecule has 0 spiro atoms. The van der Waals surface area contributed by atoms with Crippen LogP contribution in [0, 0.1) is 0 Å². The van der Waals surface area contributed by atoms with Gasteiger partial charge in [0.2, 0.25) is 0 Å². The molecule has 0 bridgehead atoms. The van der Waals surface area contributed by atoms with Crippen molar-refractivity contribution in [2.45, 2.75) is 32.5 Å². The van der Waals surface area contributed by atoms with Crippen LogP contribution in [0.1, 0.15) is 31.0 Å². The standard InChI is InChI=1S/C18H20F2N2OS/c1-12(2)21-18(24)22-16(13-6-4-3-5-7-13)14-8-10-15(11-9-14)23-17(19)20/h3-12,16-17H,1-2H3,(H2,21,22,24)/t16-/m0/s1. The first kappa shape index (κ1) is 18.1. The summed E-state index contributed by atoms with van der Waals surface area (Å²) < 4.78 is 29.0. The van der Waals surface area contributed by atoms with Crippen LogP contribution >= 0.6 is 12.2 Å². The highest BCUT2D eigenvalue weighted by Gasteiger charge is 2.16. The number of rotatable bonds is 6. The van der Waals surface area contributed by atoms with Crippen LogP contribution in [0.15, 0.2) is 54.6 Å². The second-order valence-electron chi connectivity index (χ2n) is 5.56. The molecule has 1 atom stereocenters. The molecule has 0 saturated carbocycles. The first-order valence-electron chi connectivity index (χ1n) is 7.62. The van der Waals surface area contributed by atoms with Crippen LogP contribution < -0.4 is 15.4 Å². The van der Waals surface area contributed by atoms with E-state index in [2.05, 4.69) is 15.4 Å². The van der Waals surface area contributed by atoms with E-state index in [1.165, 1.54) is 12.1 Å². The maximum atomic E-state index is 12.3. The molecule has 2 aromatic rings. The first-order chi connectivity index (χ1) is 11.5. The van der Waals surface area contributed by atoms with Gasteiger partial charge in [-0.25, -0.2) is 0 Å². The number of alkyl halides is 2. The van der Waals surface area contributed by atoms with E-state index in [9.17, 15) is 8.78 Å². The van der Waals surface area contributed by atoms with Crippen molar-refractivity contribution in [1.82, 2.24) is 10.6 Å². The second-order valence-corrected chi connectivity index (χ2v) is 5.97. The van der Waals surface area contributed by atoms with Crippen LogP contribution in [-0.2, 0) is 0 Å². The van der Waals surface area contributed by atoms with Crippen molar-refractivity contribution >= 4 is 17.3 Å². The summed E-state index contributed by atoms with van der Waals surface area (Å²) in [6.07, 6.45) is 0. The number of hydrogen-bond donors (Lipinski definition) is 2. The summed E-state index contributed by atoms with van der Waals surface area (Å²) in [7, 11) is 0. The fourth-order valence-corrected chi connectivity index (χ4v) is 2.63. The van der Waals surface area contributed by atoms with Crippen LogP contribution in [-0.4, -0.2) is 17.8 Å². The monoisotopic (exact) mass is 350 g/mol. The van der Waals surface area contributed by atoms with Gasteiger partial charge in [0.1, 0.15) is 5.75 Å². The van der Waals surface area contributed by atoms with Crippen molar-refractivity contribution in [3.63, 3.8) is 0 Å². The molecule has 0 aliphatic carbocycles. The maximum Gasteiger partial charge on any atom is 0.387 e. The lowest BCUT2D eigenvalue weighted by atomic mass is 9.99. The van der Waals surface area contributed by atoms with Crippen molar-refractivity contribution in [2.75, 3.05) is 0 Å². The zero-order chi connectivity index (χ0) is 17.5. The predicted molar refractivity (Wildman–Crippen MR) is 95.4 cm³/mol. The van der Waals surface area contributed by atoms with Crippen LogP contribution in [0.5, 0.6) is 5.75 Å². The van der Waals surface area contributed by atoms with Crippen LogP contribution in [0.4, 0.5) is 8.78 Å². The summed E-state index contributed by atoms with van der Waals surface area (Å²) in [5.74, 6) is 0.128. The Hall–Kier alpha value is -2.21. The fourth-order valence-electron chi connectivity index (χ4n) is 2.28. The van der Waals surface area contributed by atoms with E-state index in [0.29, 0.717) is 5.11 Å². The number of halogens is 2. The molecular weight excluding hydrogens is 330 g/mol. The van der Waals surface area contributed by atoms with Gasteiger partial charge in [-0.2, -0.15) is 8.78 Å². The quantitative estimate of drug-likeness (QED) is 0.763. The van der Waals surface area contributed by atoms with Gasteiger partial charge in [-0.15, -0.1) is 0 Å². The largest absolute Gasteiger partial charge is 0.435 e. The van der Waals surface area contributed by atoms with E-state index < -0.39 is 6.61 Å². The molecule has 2 rings (SSSR count). The molecule has 0 aliphatic heterocycles. The van der Waals surface area contributed by atoms with Crippen LogP contribution in [0.2, 0.25) is 0 Å². The molecule has 24 heavy (non-hydrogen) atoms. The zero-order valence-electron chi connectivity index (χ0n) is 13.5. The third-order valence-corrected chi connectivity index (χ3v) is 3.50. The van der Waals surface area contributed by atoms with E-state index in [-0.39, 0.29) is 17.8 Å². The van der Waals surface area contributed by atoms with Gasteiger partial charge in [0.05, 0.1) is 6.04 Å². The topological polar surface area (TPSA) is 33.3 Å². The van der Waals surface area contributed by atoms with Gasteiger partial charge in [0.25, 0.3) is 0 Å². The molecule has 2 N–H and O–H groups in total. The summed E-state index contributed by atoms with van der Waals surface area (Å²) in [5.41, 5.74) is 1.92. The number of hydrogen-bond acceptors (Lipinski definition) is 2. The third-order valence-electron chi connectivity index (χ3n) is 3.27. The zero-order valence-corrected chi connectivity index (χ0v) is 14.3. The van der Waals surface area contributed by atoms with E-state index in [0.717, 1.165) is 11.1 Å². The summed E-state index contributed by atoms with van der Waals surface area (Å²) in [6, 6.07) is 16.4. The van der Waals surface area contributed by atoms with Crippen molar-refractivity contribution in [1.29, 1.82) is 0 Å². The Morgan fingerprint density at radius 2 is 1.50 bits per heavy atom. The van der Waals surface area contributed by atoms with Crippen LogP contribution in [0.25, 0.3) is 0 Å². The number of nitrogens with one attached hydrogen (secondary N) is 2. The molecular formula is C18H20F2N2OS. The highest BCUT2D eigenvalue weighted by molar-refractivity contribution is 7.80. The first-order valence-corrected chi connectivity index (χ1v) is 8.03. The molecule has 0 radical (unpaired) electrons. The molecule has 0 amide bonds. The summed E-state index contributed by atoms with van der Waals surface area (Å²) in [6.45, 7) is 1.17. The molecule has 0 heterocycles. The lowest BCUT2D eigenvalue weighted by molar-refractivity contribution is -0.0498. The maximum absolute atomic E-state index is 12.3. The summed E-state index contributed by atoms with van der Waals surface area (Å²) >= 11 is 5.34. The van der Waals surface area contributed by atoms with E-state index in [1.807, 2.05) is 44.2 Å². The minimum Gasteiger partial charge on any atom is -0.435 e. The average Bonchev–Trinajstić information content (AvgIpc) is 2.53. The molecule has 0 aromatic heterocycles. The van der Waals surface area contributed by atoms with E-state index in [4.69, 9.17) is 12.2 Å². The number of benzene rings is 2. The Labute approximate surface area is 146 Å². The SMILES string of the molecule is CC(C)NC(=S)N[C@@H](c1ccccc1)c1ccc(OC(F)F)cc1. The Balaban J connectivity index is 2.23. The van der Waals surface area contributed by atoms with E-state index in [1.54, 1.807) is 12.1 Å². The highest BCUT2D eigenvalue weighted by Crippen LogP contribution is 2.24. The molecule has 128 valence electrons. The highest BCUT2D eigenvalue weighted by atomic mass is 32.1. The molecule has 0 aliphatic rings. The predicted octanol–water partition coefficient (Wildman–Crippen LogP) is 4.25. The smallest absolute Gasteiger partial charge is 0.387 e. The van der Waals surface area contributed by atoms with Crippen molar-refractivity contribution < 1.29 is 13.5 Å². The van der Waals surface area contributed by atoms with Crippen molar-refractivity contribution in [3.8, 4) is 5.75 Å². The minimum absolute atomic E-state index is 0.128. The van der Waals surface area contributed by atoms with Gasteiger partial charge in [0.15, 0.2) is 5.11 Å². The second kappa shape index (κ2) is 8.59. The lowest BCUT2D eigenvalue weighted by Crippen LogP contribution is -2.41. The lowest BCUT2D eigenvalue weighted by Gasteiger charge is -2.23. The Kier molecular flexibility index (Phi) is 6.49. The Morgan fingerprint density at radius 3 is 2.04 bits per heavy atom. The van der Waals surface area contributed by atoms with Crippen molar-refractivity contribution in [3.05, 3.63) is 65.7 Å². The number of thiocarbonyl (C=S) groups is 1. The summed E-state index contributed by atoms with van der Waals surface area (Å²) in [4.78, 5) is 0. The average molecular weight is 350 g/mol. The fraction of sp³-hybridized carbons (Fsp3) is 0.278. The van der Waals surface area contributed by atoms with Gasteiger partial charge >= 0.3 is 6.61 Å². The third kappa shape index (κ3) is 5.45. The summed E-state index contributed by atoms with van der Waals surface area (Å²) in [5, 5.41) is 6.95. The molecule has 2 aromatic carbocycles. The minimum atomic E-state index is -2.83. The molecule has 0 unspecified atom stereocenters. The Bertz CT molecular complexity index is 648. The van der Waals surface area contributed by atoms with Gasteiger partial charge in [-0.05, 0) is 49.3 Å². The van der Waals surface area contributed by atoms with Gasteiger partial charge in [-0.3, -0.25) is 0 Å². The molecule has 3 nitrogen and oxygen atoms in total. The van der Waals surface area contributed by atoms with Crippen molar-refractivity contribution in [2.24, 2.45) is 0 Å². The van der Waals surface area contributed by atoms with Gasteiger partial charge in [-0.1, -0.05) is 42.5 Å². The normalized spacial score (nSPS) is 12.1. The molecule has 0 fully saturated rings. The van der Waals surface area contributed by atoms with Gasteiger partial charge < -0.3 is 15.4 Å². The molecule has 0 saturated heterocycles. The number of ether oxygens (including phenoxy) is 1. The van der Waals surface area contributed by atoms with E-state index >= 15 is 0 Å². The van der Waals surface area contributed by atoms with Crippen LogP contribution in [0.3, 0.4) is 0 Å². The van der Waals surface area contributed by atoms with Gasteiger partial charge in [0, 0.05) is 6.04 Å².